The summed E-state index contributed by atoms with van der Waals surface area (Å²) >= 11 is 4.92. The summed E-state index contributed by atoms with van der Waals surface area (Å²) in [5, 5.41) is 2.00. The van der Waals surface area contributed by atoms with Crippen molar-refractivity contribution in [2.75, 3.05) is 0 Å². The van der Waals surface area contributed by atoms with Gasteiger partial charge in [0.25, 0.3) is 0 Å². The lowest BCUT2D eigenvalue weighted by Crippen LogP contribution is -2.28. The minimum absolute atomic E-state index is 0.0173. The molecule has 3 N–H and O–H groups in total. The molecule has 1 heterocycles. The Hall–Kier alpha value is -0.750. The van der Waals surface area contributed by atoms with Crippen molar-refractivity contribution in [3.05, 3.63) is 56.4 Å². The van der Waals surface area contributed by atoms with Gasteiger partial charge in [0.15, 0.2) is 0 Å². The van der Waals surface area contributed by atoms with Crippen LogP contribution in [0.2, 0.25) is 0 Å². The molecule has 0 aliphatic rings. The van der Waals surface area contributed by atoms with Crippen molar-refractivity contribution >= 4 is 27.3 Å². The smallest absolute Gasteiger partial charge is 0.124 e. The van der Waals surface area contributed by atoms with Crippen molar-refractivity contribution in [3.63, 3.8) is 0 Å². The molecular weight excluding hydrogens is 303 g/mol. The Morgan fingerprint density at radius 1 is 1.41 bits per heavy atom. The van der Waals surface area contributed by atoms with E-state index >= 15 is 0 Å². The maximum atomic E-state index is 13.2. The first kappa shape index (κ1) is 12.7. The number of hydrazine groups is 1. The van der Waals surface area contributed by atoms with Crippen molar-refractivity contribution in [2.24, 2.45) is 5.84 Å². The molecule has 0 fully saturated rings. The van der Waals surface area contributed by atoms with Gasteiger partial charge in [-0.15, -0.1) is 11.3 Å². The Kier molecular flexibility index (Phi) is 4.28. The zero-order valence-corrected chi connectivity index (χ0v) is 11.4. The minimum Gasteiger partial charge on any atom is -0.271 e. The molecule has 2 aromatic rings. The molecule has 0 bridgehead atoms. The number of hydrogen-bond donors (Lipinski definition) is 2. The second-order valence-electron chi connectivity index (χ2n) is 3.72. The molecule has 0 saturated carbocycles. The summed E-state index contributed by atoms with van der Waals surface area (Å²) in [7, 11) is 0. The van der Waals surface area contributed by atoms with E-state index in [1.807, 2.05) is 23.6 Å². The van der Waals surface area contributed by atoms with Crippen LogP contribution >= 0.6 is 27.3 Å². The molecule has 90 valence electrons. The van der Waals surface area contributed by atoms with E-state index in [2.05, 4.69) is 21.4 Å². The number of nitrogens with one attached hydrogen (secondary N) is 1. The summed E-state index contributed by atoms with van der Waals surface area (Å²) in [5.41, 5.74) is 3.67. The molecule has 17 heavy (non-hydrogen) atoms. The summed E-state index contributed by atoms with van der Waals surface area (Å²) in [5.74, 6) is 5.30. The van der Waals surface area contributed by atoms with E-state index in [4.69, 9.17) is 5.84 Å². The predicted molar refractivity (Wildman–Crippen MR) is 72.2 cm³/mol. The van der Waals surface area contributed by atoms with Crippen LogP contribution in [0.15, 0.2) is 40.2 Å². The van der Waals surface area contributed by atoms with Gasteiger partial charge in [0.1, 0.15) is 5.82 Å². The van der Waals surface area contributed by atoms with Gasteiger partial charge in [-0.3, -0.25) is 11.3 Å². The first-order chi connectivity index (χ1) is 8.19. The summed E-state index contributed by atoms with van der Waals surface area (Å²) in [6, 6.07) is 8.89. The van der Waals surface area contributed by atoms with Crippen LogP contribution in [0.4, 0.5) is 4.39 Å². The molecule has 1 atom stereocenters. The average molecular weight is 315 g/mol. The Morgan fingerprint density at radius 2 is 2.24 bits per heavy atom. The fraction of sp³-hybridized carbons (Fsp3) is 0.167. The highest BCUT2D eigenvalue weighted by molar-refractivity contribution is 9.10. The van der Waals surface area contributed by atoms with Gasteiger partial charge in [-0.1, -0.05) is 22.0 Å². The van der Waals surface area contributed by atoms with E-state index in [-0.39, 0.29) is 11.9 Å². The quantitative estimate of drug-likeness (QED) is 0.670. The first-order valence-corrected chi connectivity index (χ1v) is 6.81. The van der Waals surface area contributed by atoms with Crippen molar-refractivity contribution in [1.82, 2.24) is 5.43 Å². The number of thiophene rings is 1. The molecule has 2 nitrogen and oxygen atoms in total. The fourth-order valence-corrected chi connectivity index (χ4v) is 3.00. The van der Waals surface area contributed by atoms with E-state index in [1.165, 1.54) is 12.1 Å². The van der Waals surface area contributed by atoms with Gasteiger partial charge in [-0.25, -0.2) is 4.39 Å². The van der Waals surface area contributed by atoms with Crippen molar-refractivity contribution in [1.29, 1.82) is 0 Å². The van der Waals surface area contributed by atoms with E-state index in [0.29, 0.717) is 6.42 Å². The highest BCUT2D eigenvalue weighted by atomic mass is 79.9. The maximum Gasteiger partial charge on any atom is 0.124 e. The Morgan fingerprint density at radius 3 is 2.82 bits per heavy atom. The lowest BCUT2D eigenvalue weighted by Gasteiger charge is -2.14. The predicted octanol–water partition coefficient (Wildman–Crippen LogP) is 3.40. The molecule has 1 aromatic carbocycles. The van der Waals surface area contributed by atoms with Gasteiger partial charge < -0.3 is 0 Å². The second-order valence-corrected chi connectivity index (χ2v) is 5.61. The van der Waals surface area contributed by atoms with E-state index in [1.54, 1.807) is 11.3 Å². The Labute approximate surface area is 112 Å². The van der Waals surface area contributed by atoms with Crippen LogP contribution in [0.3, 0.4) is 0 Å². The third-order valence-corrected chi connectivity index (χ3v) is 3.89. The van der Waals surface area contributed by atoms with Gasteiger partial charge in [-0.05, 0) is 41.6 Å². The van der Waals surface area contributed by atoms with Crippen molar-refractivity contribution in [2.45, 2.75) is 12.5 Å². The topological polar surface area (TPSA) is 38.0 Å². The van der Waals surface area contributed by atoms with Crippen LogP contribution in [-0.4, -0.2) is 0 Å². The monoisotopic (exact) mass is 314 g/mol. The molecule has 1 aromatic heterocycles. The standard InChI is InChI=1S/C12H12BrFN2S/c13-9-4-8(5-10(14)7-9)6-11(16-15)12-2-1-3-17-12/h1-5,7,11,16H,6,15H2. The SMILES string of the molecule is NNC(Cc1cc(F)cc(Br)c1)c1cccs1. The highest BCUT2D eigenvalue weighted by Crippen LogP contribution is 2.24. The molecule has 0 amide bonds. The molecule has 0 aliphatic carbocycles. The maximum absolute atomic E-state index is 13.2. The van der Waals surface area contributed by atoms with Gasteiger partial charge in [0.05, 0.1) is 6.04 Å². The average Bonchev–Trinajstić information content (AvgIpc) is 2.77. The van der Waals surface area contributed by atoms with Crippen LogP contribution in [-0.2, 0) is 6.42 Å². The number of rotatable bonds is 4. The summed E-state index contributed by atoms with van der Waals surface area (Å²) in [4.78, 5) is 1.15. The molecular formula is C12H12BrFN2S. The van der Waals surface area contributed by atoms with Gasteiger partial charge in [-0.2, -0.15) is 0 Å². The molecule has 2 rings (SSSR count). The van der Waals surface area contributed by atoms with Crippen LogP contribution < -0.4 is 11.3 Å². The zero-order valence-electron chi connectivity index (χ0n) is 8.99. The fourth-order valence-electron chi connectivity index (χ4n) is 1.70. The van der Waals surface area contributed by atoms with Crippen LogP contribution in [0.1, 0.15) is 16.5 Å². The van der Waals surface area contributed by atoms with Crippen LogP contribution in [0.5, 0.6) is 0 Å². The van der Waals surface area contributed by atoms with Gasteiger partial charge in [0.2, 0.25) is 0 Å². The normalized spacial score (nSPS) is 12.6. The third-order valence-electron chi connectivity index (χ3n) is 2.45. The first-order valence-electron chi connectivity index (χ1n) is 5.13. The number of benzene rings is 1. The van der Waals surface area contributed by atoms with Crippen molar-refractivity contribution < 1.29 is 4.39 Å². The van der Waals surface area contributed by atoms with Crippen molar-refractivity contribution in [3.8, 4) is 0 Å². The molecule has 0 aliphatic heterocycles. The van der Waals surface area contributed by atoms with Crippen LogP contribution in [0.25, 0.3) is 0 Å². The number of halogens is 2. The Balaban J connectivity index is 2.18. The highest BCUT2D eigenvalue weighted by Gasteiger charge is 2.12. The lowest BCUT2D eigenvalue weighted by molar-refractivity contribution is 0.556. The van der Waals surface area contributed by atoms with Crippen LogP contribution in [0, 0.1) is 5.82 Å². The van der Waals surface area contributed by atoms with E-state index in [9.17, 15) is 4.39 Å². The molecule has 1 unspecified atom stereocenters. The molecule has 0 radical (unpaired) electrons. The summed E-state index contributed by atoms with van der Waals surface area (Å²) in [6.07, 6.45) is 0.660. The van der Waals surface area contributed by atoms with Gasteiger partial charge >= 0.3 is 0 Å². The largest absolute Gasteiger partial charge is 0.271 e. The summed E-state index contributed by atoms with van der Waals surface area (Å²) < 4.78 is 14.0. The molecule has 5 heteroatoms. The van der Waals surface area contributed by atoms with E-state index < -0.39 is 0 Å². The second kappa shape index (κ2) is 5.73. The molecule has 0 saturated heterocycles. The number of hydrogen-bond acceptors (Lipinski definition) is 3. The Bertz CT molecular complexity index is 467. The third kappa shape index (κ3) is 3.35. The van der Waals surface area contributed by atoms with E-state index in [0.717, 1.165) is 14.9 Å². The molecule has 0 spiro atoms. The van der Waals surface area contributed by atoms with Gasteiger partial charge in [0, 0.05) is 9.35 Å². The summed E-state index contributed by atoms with van der Waals surface area (Å²) in [6.45, 7) is 0. The number of nitrogens with two attached hydrogens (primary N) is 1. The minimum atomic E-state index is -0.240. The lowest BCUT2D eigenvalue weighted by atomic mass is 10.1. The zero-order chi connectivity index (χ0) is 12.3.